The van der Waals surface area contributed by atoms with Crippen LogP contribution in [0.3, 0.4) is 0 Å². The molecule has 0 bridgehead atoms. The third-order valence-electron chi connectivity index (χ3n) is 9.40. The second-order valence-corrected chi connectivity index (χ2v) is 14.0. The van der Waals surface area contributed by atoms with Gasteiger partial charge in [-0.1, -0.05) is 19.1 Å². The number of halogens is 4. The first kappa shape index (κ1) is 30.6. The first-order valence-corrected chi connectivity index (χ1v) is 16.6. The predicted octanol–water partition coefficient (Wildman–Crippen LogP) is 6.46. The minimum atomic E-state index is -4.84. The highest BCUT2D eigenvalue weighted by molar-refractivity contribution is 7.99. The highest BCUT2D eigenvalue weighted by Gasteiger charge is 2.44. The van der Waals surface area contributed by atoms with Gasteiger partial charge in [0, 0.05) is 66.8 Å². The highest BCUT2D eigenvalue weighted by Crippen LogP contribution is 2.55. The van der Waals surface area contributed by atoms with Crippen molar-refractivity contribution in [2.75, 3.05) is 49.2 Å². The molecule has 8 nitrogen and oxygen atoms in total. The molecular formula is C32H28F4N6O2S2. The van der Waals surface area contributed by atoms with Crippen molar-refractivity contribution >= 4 is 60.8 Å². The third-order valence-corrected chi connectivity index (χ3v) is 12.1. The molecule has 3 aliphatic rings. The normalized spacial score (nSPS) is 17.6. The molecule has 1 spiro atoms. The van der Waals surface area contributed by atoms with Crippen LogP contribution in [-0.2, 0) is 17.5 Å². The first-order valence-electron chi connectivity index (χ1n) is 14.8. The Hall–Kier alpha value is -4.09. The summed E-state index contributed by atoms with van der Waals surface area (Å²) in [6.45, 7) is 4.98. The summed E-state index contributed by atoms with van der Waals surface area (Å²) in [5, 5.41) is 13.6. The summed E-state index contributed by atoms with van der Waals surface area (Å²) in [6, 6.07) is 5.57. The lowest BCUT2D eigenvalue weighted by Crippen LogP contribution is -2.49. The summed E-state index contributed by atoms with van der Waals surface area (Å²) in [5.74, 6) is -0.249. The maximum absolute atomic E-state index is 15.3. The SMILES string of the molecule is C=CC(=O)N1CCN(c2nc(=O)n3c4c(c(-c5ccc(F)c6sc(NC)c(C#N)c56)c(C(F)(F)F)cc24)SCC2(CCC2)C3)CC1. The van der Waals surface area contributed by atoms with Gasteiger partial charge < -0.3 is 15.1 Å². The van der Waals surface area contributed by atoms with Crippen molar-refractivity contribution in [2.24, 2.45) is 5.41 Å². The first-order chi connectivity index (χ1) is 22.0. The molecule has 14 heteroatoms. The smallest absolute Gasteiger partial charge is 0.379 e. The molecule has 0 radical (unpaired) electrons. The zero-order valence-electron chi connectivity index (χ0n) is 24.8. The van der Waals surface area contributed by atoms with E-state index in [4.69, 9.17) is 0 Å². The fourth-order valence-electron chi connectivity index (χ4n) is 6.93. The lowest BCUT2D eigenvalue weighted by molar-refractivity contribution is -0.137. The minimum absolute atomic E-state index is 0.0613. The molecule has 2 aromatic heterocycles. The molecule has 1 N–H and O–H groups in total. The van der Waals surface area contributed by atoms with E-state index in [0.29, 0.717) is 35.9 Å². The van der Waals surface area contributed by atoms with Gasteiger partial charge in [-0.15, -0.1) is 23.1 Å². The molecule has 2 aliphatic heterocycles. The molecule has 2 fully saturated rings. The average Bonchev–Trinajstić information content (AvgIpc) is 3.31. The van der Waals surface area contributed by atoms with Crippen molar-refractivity contribution in [1.82, 2.24) is 14.5 Å². The Labute approximate surface area is 269 Å². The van der Waals surface area contributed by atoms with Crippen molar-refractivity contribution < 1.29 is 22.4 Å². The lowest BCUT2D eigenvalue weighted by atomic mass is 9.70. The number of aromatic nitrogens is 2. The molecule has 7 rings (SSSR count). The van der Waals surface area contributed by atoms with Crippen LogP contribution in [-0.4, -0.2) is 59.3 Å². The van der Waals surface area contributed by atoms with E-state index in [1.165, 1.54) is 28.5 Å². The summed E-state index contributed by atoms with van der Waals surface area (Å²) < 4.78 is 62.6. The summed E-state index contributed by atoms with van der Waals surface area (Å²) in [7, 11) is 1.57. The van der Waals surface area contributed by atoms with E-state index in [2.05, 4.69) is 22.9 Å². The largest absolute Gasteiger partial charge is 0.417 e. The van der Waals surface area contributed by atoms with Crippen LogP contribution in [0, 0.1) is 22.6 Å². The number of carbonyl (C=O) groups excluding carboxylic acids is 1. The van der Waals surface area contributed by atoms with Gasteiger partial charge in [-0.3, -0.25) is 9.36 Å². The van der Waals surface area contributed by atoms with E-state index < -0.39 is 23.2 Å². The van der Waals surface area contributed by atoms with Gasteiger partial charge in [-0.05, 0) is 42.0 Å². The second kappa shape index (κ2) is 11.0. The number of anilines is 2. The summed E-state index contributed by atoms with van der Waals surface area (Å²) >= 11 is 2.26. The molecule has 0 unspecified atom stereocenters. The van der Waals surface area contributed by atoms with Gasteiger partial charge in [0.1, 0.15) is 22.7 Å². The highest BCUT2D eigenvalue weighted by atomic mass is 32.2. The van der Waals surface area contributed by atoms with E-state index >= 15 is 17.6 Å². The number of thiophene rings is 1. The molecule has 4 aromatic rings. The number of alkyl halides is 3. The number of hydrogen-bond acceptors (Lipinski definition) is 8. The molecule has 0 atom stereocenters. The number of nitrogens with one attached hydrogen (secondary N) is 1. The lowest BCUT2D eigenvalue weighted by Gasteiger charge is -2.41. The van der Waals surface area contributed by atoms with Gasteiger partial charge in [-0.2, -0.15) is 23.4 Å². The van der Waals surface area contributed by atoms with Crippen LogP contribution in [0.15, 0.2) is 40.5 Å². The van der Waals surface area contributed by atoms with E-state index in [1.807, 2.05) is 0 Å². The van der Waals surface area contributed by atoms with Crippen LogP contribution in [0.4, 0.5) is 28.4 Å². The van der Waals surface area contributed by atoms with Crippen molar-refractivity contribution in [2.45, 2.75) is 36.9 Å². The number of carbonyl (C=O) groups is 1. The maximum atomic E-state index is 15.3. The third kappa shape index (κ3) is 4.66. The van der Waals surface area contributed by atoms with Crippen LogP contribution in [0.5, 0.6) is 0 Å². The van der Waals surface area contributed by atoms with E-state index in [1.54, 1.807) is 16.8 Å². The summed E-state index contributed by atoms with van der Waals surface area (Å²) in [6.07, 6.45) is -1.00. The van der Waals surface area contributed by atoms with Gasteiger partial charge in [0.25, 0.3) is 0 Å². The fraction of sp³-hybridized carbons (Fsp3) is 0.375. The molecule has 2 aromatic carbocycles. The van der Waals surface area contributed by atoms with Crippen LogP contribution in [0.25, 0.3) is 32.1 Å². The molecule has 1 amide bonds. The maximum Gasteiger partial charge on any atom is 0.417 e. The molecule has 4 heterocycles. The van der Waals surface area contributed by atoms with Crippen LogP contribution >= 0.6 is 23.1 Å². The topological polar surface area (TPSA) is 94.3 Å². The Bertz CT molecular complexity index is 2050. The fourth-order valence-corrected chi connectivity index (χ4v) is 9.52. The number of thioether (sulfide) groups is 1. The average molecular weight is 669 g/mol. The molecule has 238 valence electrons. The van der Waals surface area contributed by atoms with Gasteiger partial charge in [0.15, 0.2) is 0 Å². The number of piperazine rings is 1. The minimum Gasteiger partial charge on any atom is -0.379 e. The number of benzene rings is 2. The van der Waals surface area contributed by atoms with Gasteiger partial charge in [0.05, 0.1) is 21.3 Å². The number of rotatable bonds is 4. The van der Waals surface area contributed by atoms with E-state index in [-0.39, 0.29) is 67.3 Å². The Kier molecular flexibility index (Phi) is 7.32. The Morgan fingerprint density at radius 3 is 2.57 bits per heavy atom. The Morgan fingerprint density at radius 2 is 1.96 bits per heavy atom. The summed E-state index contributed by atoms with van der Waals surface area (Å²) in [5.41, 5.74) is -1.44. The molecule has 46 heavy (non-hydrogen) atoms. The molecular weight excluding hydrogens is 641 g/mol. The second-order valence-electron chi connectivity index (χ2n) is 12.0. The summed E-state index contributed by atoms with van der Waals surface area (Å²) in [4.78, 5) is 34.1. The van der Waals surface area contributed by atoms with Crippen LogP contribution in [0.1, 0.15) is 30.4 Å². The standard InChI is InChI=1S/C32H28F4N6O2S2/c1-3-22(43)40-9-11-41(12-10-40)28-18-13-20(32(34,35)36)24(17-5-6-21(33)26-23(17)19(14-37)29(38-2)46-26)27-25(18)42(30(44)39-28)15-31(16-45-27)7-4-8-31/h3,5-6,13,38H,1,4,7-12,15-16H2,2H3. The zero-order valence-corrected chi connectivity index (χ0v) is 26.4. The quantitative estimate of drug-likeness (QED) is 0.197. The molecule has 1 saturated heterocycles. The van der Waals surface area contributed by atoms with Crippen LogP contribution in [0.2, 0.25) is 0 Å². The predicted molar refractivity (Wildman–Crippen MR) is 172 cm³/mol. The Balaban J connectivity index is 1.56. The van der Waals surface area contributed by atoms with Gasteiger partial charge >= 0.3 is 11.9 Å². The number of amides is 1. The number of nitrogens with zero attached hydrogens (tertiary/aromatic N) is 5. The number of nitriles is 1. The van der Waals surface area contributed by atoms with Crippen LogP contribution < -0.4 is 15.9 Å². The monoisotopic (exact) mass is 668 g/mol. The van der Waals surface area contributed by atoms with Crippen molar-refractivity contribution in [3.05, 3.63) is 58.3 Å². The number of hydrogen-bond donors (Lipinski definition) is 1. The Morgan fingerprint density at radius 1 is 1.22 bits per heavy atom. The zero-order chi connectivity index (χ0) is 32.5. The van der Waals surface area contributed by atoms with Crippen molar-refractivity contribution in [3.8, 4) is 17.2 Å². The molecule has 1 saturated carbocycles. The van der Waals surface area contributed by atoms with Gasteiger partial charge in [-0.25, -0.2) is 9.18 Å². The van der Waals surface area contributed by atoms with Crippen molar-refractivity contribution in [1.29, 1.82) is 5.26 Å². The van der Waals surface area contributed by atoms with E-state index in [0.717, 1.165) is 42.7 Å². The van der Waals surface area contributed by atoms with Crippen molar-refractivity contribution in [3.63, 3.8) is 0 Å². The van der Waals surface area contributed by atoms with E-state index in [9.17, 15) is 14.9 Å². The molecule has 1 aliphatic carbocycles. The van der Waals surface area contributed by atoms with Gasteiger partial charge in [0.2, 0.25) is 5.91 Å². The number of fused-ring (bicyclic) bond motifs is 1.